The number of anilines is 1. The van der Waals surface area contributed by atoms with E-state index in [1.165, 1.54) is 17.7 Å². The smallest absolute Gasteiger partial charge is 0.231 e. The molecule has 1 N–H and O–H groups in total. The Balaban J connectivity index is 1.82. The molecule has 92 valence electrons. The van der Waals surface area contributed by atoms with Crippen LogP contribution in [0, 0.1) is 0 Å². The maximum Gasteiger partial charge on any atom is 0.231 e. The van der Waals surface area contributed by atoms with Gasteiger partial charge in [0.1, 0.15) is 0 Å². The molecule has 0 saturated carbocycles. The molecule has 0 fully saturated rings. The van der Waals surface area contributed by atoms with Crippen LogP contribution < -0.4 is 14.8 Å². The van der Waals surface area contributed by atoms with E-state index in [4.69, 9.17) is 9.47 Å². The van der Waals surface area contributed by atoms with E-state index in [1.807, 2.05) is 0 Å². The van der Waals surface area contributed by atoms with Gasteiger partial charge in [-0.3, -0.25) is 0 Å². The molecular formula is C13H18N2O2. The molecule has 3 rings (SSSR count). The molecule has 2 heterocycles. The highest BCUT2D eigenvalue weighted by atomic mass is 16.7. The minimum absolute atomic E-state index is 0.348. The molecule has 0 amide bonds. The van der Waals surface area contributed by atoms with E-state index in [0.717, 1.165) is 24.6 Å². The van der Waals surface area contributed by atoms with Gasteiger partial charge in [-0.2, -0.15) is 0 Å². The molecule has 2 aliphatic rings. The normalized spacial score (nSPS) is 20.5. The van der Waals surface area contributed by atoms with E-state index in [1.54, 1.807) is 0 Å². The summed E-state index contributed by atoms with van der Waals surface area (Å²) in [5.74, 6) is 2.34. The van der Waals surface area contributed by atoms with Gasteiger partial charge in [-0.25, -0.2) is 0 Å². The van der Waals surface area contributed by atoms with E-state index in [-0.39, 0.29) is 0 Å². The summed E-state index contributed by atoms with van der Waals surface area (Å²) in [6.07, 6.45) is 1.17. The van der Waals surface area contributed by atoms with Crippen molar-refractivity contribution in [1.82, 2.24) is 4.90 Å². The van der Waals surface area contributed by atoms with Crippen molar-refractivity contribution in [2.24, 2.45) is 0 Å². The number of nitrogens with one attached hydrogen (secondary N) is 1. The fraction of sp³-hybridized carbons (Fsp3) is 0.538. The Morgan fingerprint density at radius 1 is 1.29 bits per heavy atom. The van der Waals surface area contributed by atoms with Crippen molar-refractivity contribution in [1.29, 1.82) is 0 Å². The molecule has 0 radical (unpaired) electrons. The fourth-order valence-corrected chi connectivity index (χ4v) is 2.46. The first kappa shape index (κ1) is 10.7. The molecule has 1 aromatic carbocycles. The van der Waals surface area contributed by atoms with Gasteiger partial charge in [0.15, 0.2) is 11.5 Å². The largest absolute Gasteiger partial charge is 0.454 e. The summed E-state index contributed by atoms with van der Waals surface area (Å²) in [6, 6.07) is 4.20. The van der Waals surface area contributed by atoms with E-state index < -0.39 is 0 Å². The quantitative estimate of drug-likeness (QED) is 0.865. The highest BCUT2D eigenvalue weighted by Gasteiger charge is 2.26. The molecule has 4 nitrogen and oxygen atoms in total. The molecule has 0 saturated heterocycles. The summed E-state index contributed by atoms with van der Waals surface area (Å²) in [7, 11) is 4.23. The zero-order chi connectivity index (χ0) is 11.8. The lowest BCUT2D eigenvalue weighted by molar-refractivity contribution is 0.174. The Kier molecular flexibility index (Phi) is 2.59. The van der Waals surface area contributed by atoms with Crippen LogP contribution >= 0.6 is 0 Å². The average Bonchev–Trinajstić information content (AvgIpc) is 2.88. The fourth-order valence-electron chi connectivity index (χ4n) is 2.46. The van der Waals surface area contributed by atoms with Gasteiger partial charge in [0.2, 0.25) is 6.79 Å². The molecule has 17 heavy (non-hydrogen) atoms. The second-order valence-electron chi connectivity index (χ2n) is 4.96. The number of nitrogens with zero attached hydrogens (tertiary/aromatic N) is 1. The van der Waals surface area contributed by atoms with Crippen molar-refractivity contribution in [3.8, 4) is 11.5 Å². The number of benzene rings is 1. The number of fused-ring (bicyclic) bond motifs is 2. The topological polar surface area (TPSA) is 33.7 Å². The predicted octanol–water partition coefficient (Wildman–Crippen LogP) is 1.88. The molecule has 4 heteroatoms. The van der Waals surface area contributed by atoms with E-state index >= 15 is 0 Å². The standard InChI is InChI=1S/C13H18N2O2/c1-15(2)4-3-9-7-14-11-6-13-12(5-10(9)11)16-8-17-13/h5-6,9,14H,3-4,7-8H2,1-2H3. The Hall–Kier alpha value is -1.42. The van der Waals surface area contributed by atoms with Gasteiger partial charge in [-0.1, -0.05) is 0 Å². The summed E-state index contributed by atoms with van der Waals surface area (Å²) in [5.41, 5.74) is 2.58. The van der Waals surface area contributed by atoms with Crippen molar-refractivity contribution < 1.29 is 9.47 Å². The van der Waals surface area contributed by atoms with Gasteiger partial charge in [-0.05, 0) is 38.7 Å². The van der Waals surface area contributed by atoms with Crippen LogP contribution in [0.25, 0.3) is 0 Å². The van der Waals surface area contributed by atoms with Gasteiger partial charge in [-0.15, -0.1) is 0 Å². The third kappa shape index (κ3) is 1.93. The van der Waals surface area contributed by atoms with Gasteiger partial charge < -0.3 is 19.7 Å². The maximum absolute atomic E-state index is 5.44. The second-order valence-corrected chi connectivity index (χ2v) is 4.96. The molecule has 2 aliphatic heterocycles. The highest BCUT2D eigenvalue weighted by molar-refractivity contribution is 5.65. The third-order valence-electron chi connectivity index (χ3n) is 3.45. The van der Waals surface area contributed by atoms with Crippen molar-refractivity contribution in [2.75, 3.05) is 39.3 Å². The van der Waals surface area contributed by atoms with Crippen LogP contribution in [0.15, 0.2) is 12.1 Å². The van der Waals surface area contributed by atoms with E-state index in [9.17, 15) is 0 Å². The third-order valence-corrected chi connectivity index (χ3v) is 3.45. The average molecular weight is 234 g/mol. The first-order valence-electron chi connectivity index (χ1n) is 6.06. The van der Waals surface area contributed by atoms with E-state index in [2.05, 4.69) is 36.4 Å². The Morgan fingerprint density at radius 3 is 2.82 bits per heavy atom. The zero-order valence-corrected chi connectivity index (χ0v) is 10.3. The zero-order valence-electron chi connectivity index (χ0n) is 10.3. The van der Waals surface area contributed by atoms with Crippen LogP contribution in [0.3, 0.4) is 0 Å². The van der Waals surface area contributed by atoms with Crippen molar-refractivity contribution >= 4 is 5.69 Å². The lowest BCUT2D eigenvalue weighted by Gasteiger charge is -2.14. The molecule has 1 atom stereocenters. The summed E-state index contributed by atoms with van der Waals surface area (Å²) < 4.78 is 10.8. The van der Waals surface area contributed by atoms with Gasteiger partial charge in [0.05, 0.1) is 0 Å². The van der Waals surface area contributed by atoms with E-state index in [0.29, 0.717) is 12.7 Å². The number of hydrogen-bond donors (Lipinski definition) is 1. The summed E-state index contributed by atoms with van der Waals surface area (Å²) >= 11 is 0. The highest BCUT2D eigenvalue weighted by Crippen LogP contribution is 2.43. The molecule has 1 unspecified atom stereocenters. The first-order chi connectivity index (χ1) is 8.24. The first-order valence-corrected chi connectivity index (χ1v) is 6.06. The maximum atomic E-state index is 5.44. The van der Waals surface area contributed by atoms with Crippen LogP contribution in [-0.4, -0.2) is 38.9 Å². The summed E-state index contributed by atoms with van der Waals surface area (Å²) in [5, 5.41) is 3.45. The molecular weight excluding hydrogens is 216 g/mol. The molecule has 0 bridgehead atoms. The monoisotopic (exact) mass is 234 g/mol. The second kappa shape index (κ2) is 4.11. The number of hydrogen-bond acceptors (Lipinski definition) is 4. The lowest BCUT2D eigenvalue weighted by Crippen LogP contribution is -2.16. The van der Waals surface area contributed by atoms with Gasteiger partial charge >= 0.3 is 0 Å². The lowest BCUT2D eigenvalue weighted by atomic mass is 9.97. The SMILES string of the molecule is CN(C)CCC1CNc2cc3c(cc21)OCO3. The van der Waals surface area contributed by atoms with Crippen molar-refractivity contribution in [3.05, 3.63) is 17.7 Å². The molecule has 0 aliphatic carbocycles. The van der Waals surface area contributed by atoms with Crippen LogP contribution in [0.4, 0.5) is 5.69 Å². The van der Waals surface area contributed by atoms with Crippen LogP contribution in [0.5, 0.6) is 11.5 Å². The number of ether oxygens (including phenoxy) is 2. The molecule has 0 spiro atoms. The summed E-state index contributed by atoms with van der Waals surface area (Å²) in [4.78, 5) is 2.23. The van der Waals surface area contributed by atoms with Gasteiger partial charge in [0, 0.05) is 24.2 Å². The predicted molar refractivity (Wildman–Crippen MR) is 67.0 cm³/mol. The minimum Gasteiger partial charge on any atom is -0.454 e. The van der Waals surface area contributed by atoms with Crippen molar-refractivity contribution in [2.45, 2.75) is 12.3 Å². The van der Waals surface area contributed by atoms with Gasteiger partial charge in [0.25, 0.3) is 0 Å². The van der Waals surface area contributed by atoms with Crippen LogP contribution in [-0.2, 0) is 0 Å². The number of rotatable bonds is 3. The Labute approximate surface area is 102 Å². The minimum atomic E-state index is 0.348. The van der Waals surface area contributed by atoms with Crippen LogP contribution in [0.2, 0.25) is 0 Å². The molecule has 1 aromatic rings. The summed E-state index contributed by atoms with van der Waals surface area (Å²) in [6.45, 7) is 2.48. The molecule has 0 aromatic heterocycles. The Bertz CT molecular complexity index is 432. The Morgan fingerprint density at radius 2 is 2.06 bits per heavy atom. The van der Waals surface area contributed by atoms with Crippen LogP contribution in [0.1, 0.15) is 17.9 Å². The van der Waals surface area contributed by atoms with Crippen molar-refractivity contribution in [3.63, 3.8) is 0 Å².